The maximum absolute atomic E-state index is 13.5. The lowest BCUT2D eigenvalue weighted by atomic mass is 10.2. The molecule has 1 aromatic heterocycles. The lowest BCUT2D eigenvalue weighted by Crippen LogP contribution is -1.84. The van der Waals surface area contributed by atoms with Gasteiger partial charge in [0, 0.05) is 23.1 Å². The number of rotatable bonds is 0. The molecule has 0 saturated carbocycles. The van der Waals surface area contributed by atoms with Crippen LogP contribution < -0.4 is 0 Å². The summed E-state index contributed by atoms with van der Waals surface area (Å²) in [5.74, 6) is -0.164. The van der Waals surface area contributed by atoms with E-state index in [-0.39, 0.29) is 5.82 Å². The second-order valence-electron chi connectivity index (χ2n) is 3.20. The maximum atomic E-state index is 13.5. The van der Waals surface area contributed by atoms with Crippen molar-refractivity contribution >= 4 is 26.8 Å². The molecule has 0 bridgehead atoms. The van der Waals surface area contributed by atoms with Gasteiger partial charge in [-0.1, -0.05) is 15.9 Å². The Kier molecular flexibility index (Phi) is 1.91. The van der Waals surface area contributed by atoms with Crippen LogP contribution in [0.5, 0.6) is 0 Å². The highest BCUT2D eigenvalue weighted by Crippen LogP contribution is 2.26. The smallest absolute Gasteiger partial charge is 0.133 e. The first-order chi connectivity index (χ1) is 6.09. The Morgan fingerprint density at radius 3 is 2.77 bits per heavy atom. The topological polar surface area (TPSA) is 4.93 Å². The van der Waals surface area contributed by atoms with Gasteiger partial charge >= 0.3 is 0 Å². The van der Waals surface area contributed by atoms with Crippen LogP contribution in [0.1, 0.15) is 5.56 Å². The lowest BCUT2D eigenvalue weighted by molar-refractivity contribution is 0.638. The highest BCUT2D eigenvalue weighted by atomic mass is 79.9. The van der Waals surface area contributed by atoms with Crippen molar-refractivity contribution in [1.82, 2.24) is 4.57 Å². The van der Waals surface area contributed by atoms with Crippen molar-refractivity contribution in [2.75, 3.05) is 0 Å². The van der Waals surface area contributed by atoms with Gasteiger partial charge in [0.15, 0.2) is 0 Å². The number of hydrogen-bond donors (Lipinski definition) is 0. The van der Waals surface area contributed by atoms with E-state index in [1.54, 1.807) is 0 Å². The van der Waals surface area contributed by atoms with E-state index in [1.807, 2.05) is 30.8 Å². The second-order valence-corrected chi connectivity index (χ2v) is 4.12. The molecular weight excluding hydrogens is 233 g/mol. The SMILES string of the molecule is Cc1cn(C)c2cc(Br)cc(F)c12. The van der Waals surface area contributed by atoms with E-state index in [2.05, 4.69) is 15.9 Å². The first-order valence-corrected chi connectivity index (χ1v) is 4.79. The lowest BCUT2D eigenvalue weighted by Gasteiger charge is -1.98. The minimum absolute atomic E-state index is 0.164. The molecule has 13 heavy (non-hydrogen) atoms. The Hall–Kier alpha value is -0.830. The molecular formula is C10H9BrFN. The van der Waals surface area contributed by atoms with Crippen molar-refractivity contribution in [1.29, 1.82) is 0 Å². The number of benzene rings is 1. The Morgan fingerprint density at radius 2 is 2.08 bits per heavy atom. The molecule has 0 saturated heterocycles. The zero-order valence-electron chi connectivity index (χ0n) is 7.44. The van der Waals surface area contributed by atoms with Crippen LogP contribution in [0.25, 0.3) is 10.9 Å². The molecule has 1 nitrogen and oxygen atoms in total. The predicted molar refractivity (Wildman–Crippen MR) is 55.3 cm³/mol. The fraction of sp³-hybridized carbons (Fsp3) is 0.200. The van der Waals surface area contributed by atoms with Gasteiger partial charge in [-0.15, -0.1) is 0 Å². The van der Waals surface area contributed by atoms with Gasteiger partial charge in [-0.2, -0.15) is 0 Å². The van der Waals surface area contributed by atoms with Crippen molar-refractivity contribution in [2.24, 2.45) is 7.05 Å². The van der Waals surface area contributed by atoms with Crippen molar-refractivity contribution in [3.63, 3.8) is 0 Å². The van der Waals surface area contributed by atoms with Crippen LogP contribution in [0.3, 0.4) is 0 Å². The Morgan fingerprint density at radius 1 is 1.38 bits per heavy atom. The molecule has 0 atom stereocenters. The number of aryl methyl sites for hydroxylation is 2. The fourth-order valence-electron chi connectivity index (χ4n) is 1.65. The van der Waals surface area contributed by atoms with Crippen LogP contribution >= 0.6 is 15.9 Å². The van der Waals surface area contributed by atoms with E-state index in [0.717, 1.165) is 15.6 Å². The summed E-state index contributed by atoms with van der Waals surface area (Å²) in [5, 5.41) is 0.714. The molecule has 68 valence electrons. The Balaban J connectivity index is 2.97. The molecule has 1 heterocycles. The molecule has 0 fully saturated rings. The maximum Gasteiger partial charge on any atom is 0.133 e. The van der Waals surface area contributed by atoms with E-state index in [4.69, 9.17) is 0 Å². The van der Waals surface area contributed by atoms with Crippen LogP contribution in [-0.2, 0) is 7.05 Å². The predicted octanol–water partition coefficient (Wildman–Crippen LogP) is 3.39. The molecule has 0 amide bonds. The summed E-state index contributed by atoms with van der Waals surface area (Å²) in [5.41, 5.74) is 1.90. The van der Waals surface area contributed by atoms with Crippen molar-refractivity contribution in [3.05, 3.63) is 34.2 Å². The van der Waals surface area contributed by atoms with Gasteiger partial charge in [0.25, 0.3) is 0 Å². The van der Waals surface area contributed by atoms with Gasteiger partial charge in [0.2, 0.25) is 0 Å². The highest BCUT2D eigenvalue weighted by molar-refractivity contribution is 9.10. The van der Waals surface area contributed by atoms with Gasteiger partial charge in [-0.25, -0.2) is 4.39 Å². The summed E-state index contributed by atoms with van der Waals surface area (Å²) in [4.78, 5) is 0. The van der Waals surface area contributed by atoms with Crippen LogP contribution in [0.2, 0.25) is 0 Å². The summed E-state index contributed by atoms with van der Waals surface area (Å²) in [6.45, 7) is 1.92. The van der Waals surface area contributed by atoms with Crippen LogP contribution in [0.4, 0.5) is 4.39 Å². The first kappa shape index (κ1) is 8.75. The minimum atomic E-state index is -0.164. The van der Waals surface area contributed by atoms with Gasteiger partial charge in [0.1, 0.15) is 5.82 Å². The first-order valence-electron chi connectivity index (χ1n) is 4.00. The molecule has 0 spiro atoms. The van der Waals surface area contributed by atoms with Crippen LogP contribution in [0, 0.1) is 12.7 Å². The summed E-state index contributed by atoms with van der Waals surface area (Å²) in [6, 6.07) is 3.42. The van der Waals surface area contributed by atoms with Crippen molar-refractivity contribution in [3.8, 4) is 0 Å². The highest BCUT2D eigenvalue weighted by Gasteiger charge is 2.08. The Bertz CT molecular complexity index is 473. The molecule has 0 radical (unpaired) electrons. The summed E-state index contributed by atoms with van der Waals surface area (Å²) in [7, 11) is 1.92. The quantitative estimate of drug-likeness (QED) is 0.667. The van der Waals surface area contributed by atoms with E-state index < -0.39 is 0 Å². The van der Waals surface area contributed by atoms with Crippen molar-refractivity contribution < 1.29 is 4.39 Å². The van der Waals surface area contributed by atoms with Gasteiger partial charge < -0.3 is 4.57 Å². The van der Waals surface area contributed by atoms with E-state index in [1.165, 1.54) is 6.07 Å². The van der Waals surface area contributed by atoms with E-state index in [9.17, 15) is 4.39 Å². The average Bonchev–Trinajstić information content (AvgIpc) is 2.27. The largest absolute Gasteiger partial charge is 0.350 e. The van der Waals surface area contributed by atoms with Gasteiger partial charge in [-0.3, -0.25) is 0 Å². The molecule has 0 N–H and O–H groups in total. The molecule has 3 heteroatoms. The van der Waals surface area contributed by atoms with Gasteiger partial charge in [-0.05, 0) is 24.6 Å². The monoisotopic (exact) mass is 241 g/mol. The number of aromatic nitrogens is 1. The second kappa shape index (κ2) is 2.84. The molecule has 1 aromatic carbocycles. The molecule has 2 rings (SSSR count). The third kappa shape index (κ3) is 1.27. The average molecular weight is 242 g/mol. The summed E-state index contributed by atoms with van der Waals surface area (Å²) < 4.78 is 16.2. The summed E-state index contributed by atoms with van der Waals surface area (Å²) in [6.07, 6.45) is 1.93. The third-order valence-corrected chi connectivity index (χ3v) is 2.65. The number of fused-ring (bicyclic) bond motifs is 1. The molecule has 0 aliphatic heterocycles. The van der Waals surface area contributed by atoms with Crippen LogP contribution in [0.15, 0.2) is 22.8 Å². The molecule has 0 unspecified atom stereocenters. The Labute approximate surface area is 84.3 Å². The molecule has 0 aliphatic rings. The number of nitrogens with zero attached hydrogens (tertiary/aromatic N) is 1. The third-order valence-electron chi connectivity index (χ3n) is 2.20. The fourth-order valence-corrected chi connectivity index (χ4v) is 2.07. The number of halogens is 2. The summed E-state index contributed by atoms with van der Waals surface area (Å²) >= 11 is 3.27. The van der Waals surface area contributed by atoms with Gasteiger partial charge in [0.05, 0.1) is 5.52 Å². The van der Waals surface area contributed by atoms with Crippen LogP contribution in [-0.4, -0.2) is 4.57 Å². The number of hydrogen-bond acceptors (Lipinski definition) is 0. The van der Waals surface area contributed by atoms with E-state index >= 15 is 0 Å². The minimum Gasteiger partial charge on any atom is -0.350 e. The zero-order valence-corrected chi connectivity index (χ0v) is 9.02. The van der Waals surface area contributed by atoms with Crippen molar-refractivity contribution in [2.45, 2.75) is 6.92 Å². The molecule has 2 aromatic rings. The standard InChI is InChI=1S/C10H9BrFN/c1-6-5-13(2)9-4-7(11)3-8(12)10(6)9/h3-5H,1-2H3. The molecule has 0 aliphatic carbocycles. The zero-order chi connectivity index (χ0) is 9.59. The normalized spacial score (nSPS) is 11.1. The van der Waals surface area contributed by atoms with E-state index in [0.29, 0.717) is 5.39 Å².